The molecular formula is C14H24ClN3O. The Hall–Kier alpha value is -0.870. The van der Waals surface area contributed by atoms with Gasteiger partial charge in [-0.3, -0.25) is 9.48 Å². The largest absolute Gasteiger partial charge is 0.312 e. The van der Waals surface area contributed by atoms with Crippen LogP contribution in [0.2, 0.25) is 5.02 Å². The minimum atomic E-state index is 0.0415. The number of halogens is 1. The first-order valence-corrected chi connectivity index (χ1v) is 7.09. The molecule has 1 aromatic heterocycles. The van der Waals surface area contributed by atoms with Gasteiger partial charge in [0.1, 0.15) is 5.78 Å². The number of nitrogens with one attached hydrogen (secondary N) is 1. The molecule has 4 nitrogen and oxygen atoms in total. The molecule has 1 N–H and O–H groups in total. The van der Waals surface area contributed by atoms with E-state index in [2.05, 4.69) is 31.2 Å². The van der Waals surface area contributed by atoms with Crippen LogP contribution in [0.4, 0.5) is 0 Å². The minimum absolute atomic E-state index is 0.0415. The third-order valence-electron chi connectivity index (χ3n) is 2.93. The number of rotatable bonds is 6. The molecule has 5 heteroatoms. The molecule has 0 aliphatic heterocycles. The third-order valence-corrected chi connectivity index (χ3v) is 3.36. The fraction of sp³-hybridized carbons (Fsp3) is 0.714. The summed E-state index contributed by atoms with van der Waals surface area (Å²) in [5.41, 5.74) is 1.72. The normalized spacial score (nSPS) is 11.9. The topological polar surface area (TPSA) is 46.9 Å². The second-order valence-corrected chi connectivity index (χ2v) is 6.20. The average molecular weight is 286 g/mol. The number of aromatic nitrogens is 2. The molecule has 0 aromatic carbocycles. The first-order valence-electron chi connectivity index (χ1n) is 6.71. The summed E-state index contributed by atoms with van der Waals surface area (Å²) in [7, 11) is 1.83. The van der Waals surface area contributed by atoms with Gasteiger partial charge in [0, 0.05) is 32.0 Å². The maximum absolute atomic E-state index is 12.0. The van der Waals surface area contributed by atoms with Gasteiger partial charge in [0.2, 0.25) is 0 Å². The predicted molar refractivity (Wildman–Crippen MR) is 78.7 cm³/mol. The predicted octanol–water partition coefficient (Wildman–Crippen LogP) is 2.53. The Kier molecular flexibility index (Phi) is 5.56. The summed E-state index contributed by atoms with van der Waals surface area (Å²) in [6.07, 6.45) is 1.65. The van der Waals surface area contributed by atoms with E-state index in [9.17, 15) is 4.79 Å². The standard InChI is InChI=1S/C14H24ClN3O/c1-6-11-13(15)12(18(5)17-11)9-10(19)7-8-16-14(2,3)4/h16H,6-9H2,1-5H3. The summed E-state index contributed by atoms with van der Waals surface area (Å²) in [5, 5.41) is 8.27. The van der Waals surface area contributed by atoms with E-state index >= 15 is 0 Å². The second kappa shape index (κ2) is 6.53. The number of hydrogen-bond acceptors (Lipinski definition) is 3. The van der Waals surface area contributed by atoms with Crippen molar-refractivity contribution in [1.82, 2.24) is 15.1 Å². The lowest BCUT2D eigenvalue weighted by atomic mass is 10.1. The van der Waals surface area contributed by atoms with Crippen LogP contribution in [0.15, 0.2) is 0 Å². The van der Waals surface area contributed by atoms with Gasteiger partial charge in [0.25, 0.3) is 0 Å². The zero-order chi connectivity index (χ0) is 14.6. The van der Waals surface area contributed by atoms with Crippen LogP contribution in [-0.2, 0) is 24.7 Å². The van der Waals surface area contributed by atoms with E-state index in [1.807, 2.05) is 14.0 Å². The van der Waals surface area contributed by atoms with E-state index in [0.29, 0.717) is 24.4 Å². The van der Waals surface area contributed by atoms with E-state index in [1.165, 1.54) is 0 Å². The molecule has 108 valence electrons. The van der Waals surface area contributed by atoms with Crippen LogP contribution in [0, 0.1) is 0 Å². The molecule has 0 spiro atoms. The smallest absolute Gasteiger partial charge is 0.140 e. The Balaban J connectivity index is 2.56. The van der Waals surface area contributed by atoms with Crippen LogP contribution >= 0.6 is 11.6 Å². The fourth-order valence-corrected chi connectivity index (χ4v) is 2.22. The van der Waals surface area contributed by atoms with Crippen molar-refractivity contribution >= 4 is 17.4 Å². The summed E-state index contributed by atoms with van der Waals surface area (Å²) in [6.45, 7) is 8.96. The maximum Gasteiger partial charge on any atom is 0.140 e. The molecule has 0 aliphatic rings. The number of Topliss-reactive ketones (excluding diaryl/α,β-unsaturated/α-hetero) is 1. The molecule has 0 unspecified atom stereocenters. The highest BCUT2D eigenvalue weighted by molar-refractivity contribution is 6.32. The third kappa shape index (κ3) is 4.96. The minimum Gasteiger partial charge on any atom is -0.312 e. The van der Waals surface area contributed by atoms with Gasteiger partial charge >= 0.3 is 0 Å². The number of aryl methyl sites for hydroxylation is 2. The zero-order valence-corrected chi connectivity index (χ0v) is 13.3. The van der Waals surface area contributed by atoms with Gasteiger partial charge in [-0.2, -0.15) is 5.10 Å². The quantitative estimate of drug-likeness (QED) is 0.874. The molecule has 1 heterocycles. The van der Waals surface area contributed by atoms with Crippen molar-refractivity contribution in [2.75, 3.05) is 6.54 Å². The molecule has 0 bridgehead atoms. The molecule has 0 amide bonds. The van der Waals surface area contributed by atoms with Gasteiger partial charge in [-0.25, -0.2) is 0 Å². The van der Waals surface area contributed by atoms with Crippen LogP contribution in [0.3, 0.4) is 0 Å². The molecule has 0 saturated heterocycles. The molecule has 1 rings (SSSR count). The first kappa shape index (κ1) is 16.2. The number of carbonyl (C=O) groups is 1. The molecule has 0 radical (unpaired) electrons. The molecule has 0 atom stereocenters. The SMILES string of the molecule is CCc1nn(C)c(CC(=O)CCNC(C)(C)C)c1Cl. The van der Waals surface area contributed by atoms with Gasteiger partial charge in [0.15, 0.2) is 0 Å². The van der Waals surface area contributed by atoms with Crippen molar-refractivity contribution in [3.05, 3.63) is 16.4 Å². The Labute approximate surface area is 120 Å². The van der Waals surface area contributed by atoms with Crippen molar-refractivity contribution in [2.45, 2.75) is 52.5 Å². The van der Waals surface area contributed by atoms with Crippen molar-refractivity contribution in [2.24, 2.45) is 7.05 Å². The Morgan fingerprint density at radius 3 is 2.53 bits per heavy atom. The van der Waals surface area contributed by atoms with Crippen LogP contribution in [-0.4, -0.2) is 27.6 Å². The Bertz CT molecular complexity index is 446. The van der Waals surface area contributed by atoms with Crippen LogP contribution in [0.5, 0.6) is 0 Å². The van der Waals surface area contributed by atoms with E-state index in [-0.39, 0.29) is 11.3 Å². The lowest BCUT2D eigenvalue weighted by molar-refractivity contribution is -0.118. The summed E-state index contributed by atoms with van der Waals surface area (Å²) >= 11 is 6.23. The summed E-state index contributed by atoms with van der Waals surface area (Å²) in [6, 6.07) is 0. The van der Waals surface area contributed by atoms with Gasteiger partial charge in [-0.1, -0.05) is 18.5 Å². The number of nitrogens with zero attached hydrogens (tertiary/aromatic N) is 2. The average Bonchev–Trinajstić information content (AvgIpc) is 2.54. The van der Waals surface area contributed by atoms with Crippen molar-refractivity contribution in [3.8, 4) is 0 Å². The molecule has 19 heavy (non-hydrogen) atoms. The van der Waals surface area contributed by atoms with Crippen molar-refractivity contribution in [3.63, 3.8) is 0 Å². The molecule has 1 aromatic rings. The highest BCUT2D eigenvalue weighted by Gasteiger charge is 2.16. The Morgan fingerprint density at radius 2 is 2.05 bits per heavy atom. The van der Waals surface area contributed by atoms with Gasteiger partial charge in [0.05, 0.1) is 16.4 Å². The summed E-state index contributed by atoms with van der Waals surface area (Å²) in [4.78, 5) is 12.0. The summed E-state index contributed by atoms with van der Waals surface area (Å²) in [5.74, 6) is 0.185. The lowest BCUT2D eigenvalue weighted by Crippen LogP contribution is -2.37. The van der Waals surface area contributed by atoms with Gasteiger partial charge in [-0.15, -0.1) is 0 Å². The van der Waals surface area contributed by atoms with Crippen LogP contribution in [0.1, 0.15) is 45.5 Å². The summed E-state index contributed by atoms with van der Waals surface area (Å²) < 4.78 is 1.72. The van der Waals surface area contributed by atoms with E-state index < -0.39 is 0 Å². The van der Waals surface area contributed by atoms with E-state index in [4.69, 9.17) is 11.6 Å². The van der Waals surface area contributed by atoms with E-state index in [0.717, 1.165) is 17.8 Å². The zero-order valence-electron chi connectivity index (χ0n) is 12.5. The second-order valence-electron chi connectivity index (χ2n) is 5.83. The highest BCUT2D eigenvalue weighted by atomic mass is 35.5. The highest BCUT2D eigenvalue weighted by Crippen LogP contribution is 2.21. The van der Waals surface area contributed by atoms with Gasteiger partial charge in [-0.05, 0) is 27.2 Å². The van der Waals surface area contributed by atoms with Crippen molar-refractivity contribution in [1.29, 1.82) is 0 Å². The van der Waals surface area contributed by atoms with Crippen LogP contribution in [0.25, 0.3) is 0 Å². The number of ketones is 1. The van der Waals surface area contributed by atoms with E-state index in [1.54, 1.807) is 4.68 Å². The molecule has 0 fully saturated rings. The Morgan fingerprint density at radius 1 is 1.42 bits per heavy atom. The lowest BCUT2D eigenvalue weighted by Gasteiger charge is -2.20. The van der Waals surface area contributed by atoms with Crippen molar-refractivity contribution < 1.29 is 4.79 Å². The maximum atomic E-state index is 12.0. The molecule has 0 aliphatic carbocycles. The first-order chi connectivity index (χ1) is 8.74. The number of carbonyl (C=O) groups excluding carboxylic acids is 1. The van der Waals surface area contributed by atoms with Crippen LogP contribution < -0.4 is 5.32 Å². The van der Waals surface area contributed by atoms with Gasteiger partial charge < -0.3 is 5.32 Å². The molecular weight excluding hydrogens is 262 g/mol. The number of hydrogen-bond donors (Lipinski definition) is 1. The monoisotopic (exact) mass is 285 g/mol. The fourth-order valence-electron chi connectivity index (χ4n) is 1.86. The molecule has 0 saturated carbocycles.